The molecule has 14 heavy (non-hydrogen) atoms. The van der Waals surface area contributed by atoms with Gasteiger partial charge in [0.2, 0.25) is 0 Å². The molecular weight excluding hydrogens is 261 g/mol. The Morgan fingerprint density at radius 1 is 1.50 bits per heavy atom. The monoisotopic (exact) mass is 273 g/mol. The van der Waals surface area contributed by atoms with Crippen molar-refractivity contribution in [2.24, 2.45) is 5.92 Å². The van der Waals surface area contributed by atoms with E-state index in [9.17, 15) is 0 Å². The third-order valence-electron chi connectivity index (χ3n) is 2.78. The van der Waals surface area contributed by atoms with Crippen LogP contribution in [0.2, 0.25) is 5.02 Å². The summed E-state index contributed by atoms with van der Waals surface area (Å²) in [5.74, 6) is 0.852. The van der Waals surface area contributed by atoms with Crippen molar-refractivity contribution in [2.75, 3.05) is 18.0 Å². The van der Waals surface area contributed by atoms with Crippen molar-refractivity contribution in [3.05, 3.63) is 27.7 Å². The van der Waals surface area contributed by atoms with E-state index >= 15 is 0 Å². The summed E-state index contributed by atoms with van der Waals surface area (Å²) in [6.45, 7) is 4.53. The molecular formula is C11H13BrClN. The van der Waals surface area contributed by atoms with E-state index in [4.69, 9.17) is 11.6 Å². The molecule has 2 rings (SSSR count). The first kappa shape index (κ1) is 10.3. The molecule has 0 N–H and O–H groups in total. The molecule has 0 saturated carbocycles. The predicted molar refractivity (Wildman–Crippen MR) is 65.1 cm³/mol. The van der Waals surface area contributed by atoms with Crippen molar-refractivity contribution in [3.63, 3.8) is 0 Å². The van der Waals surface area contributed by atoms with Gasteiger partial charge in [0.25, 0.3) is 0 Å². The van der Waals surface area contributed by atoms with Gasteiger partial charge in [-0.1, -0.05) is 34.5 Å². The van der Waals surface area contributed by atoms with Crippen molar-refractivity contribution in [1.29, 1.82) is 0 Å². The molecule has 1 aromatic carbocycles. The first-order valence-electron chi connectivity index (χ1n) is 4.90. The molecule has 1 aliphatic rings. The zero-order valence-electron chi connectivity index (χ0n) is 8.13. The van der Waals surface area contributed by atoms with Crippen LogP contribution in [0.5, 0.6) is 0 Å². The van der Waals surface area contributed by atoms with Crippen LogP contribution in [0.15, 0.2) is 22.7 Å². The molecule has 0 amide bonds. The van der Waals surface area contributed by atoms with Gasteiger partial charge in [-0.2, -0.15) is 0 Å². The van der Waals surface area contributed by atoms with E-state index in [1.807, 2.05) is 12.1 Å². The van der Waals surface area contributed by atoms with Gasteiger partial charge in [-0.15, -0.1) is 0 Å². The minimum Gasteiger partial charge on any atom is -0.370 e. The van der Waals surface area contributed by atoms with Crippen LogP contribution >= 0.6 is 27.5 Å². The van der Waals surface area contributed by atoms with Gasteiger partial charge in [-0.05, 0) is 30.5 Å². The average molecular weight is 275 g/mol. The Morgan fingerprint density at radius 3 is 2.86 bits per heavy atom. The molecule has 76 valence electrons. The van der Waals surface area contributed by atoms with Crippen molar-refractivity contribution >= 4 is 33.2 Å². The second kappa shape index (κ2) is 4.11. The zero-order chi connectivity index (χ0) is 10.1. The van der Waals surface area contributed by atoms with Crippen LogP contribution < -0.4 is 4.90 Å². The fourth-order valence-electron chi connectivity index (χ4n) is 1.75. The number of anilines is 1. The average Bonchev–Trinajstić information content (AvgIpc) is 2.09. The van der Waals surface area contributed by atoms with E-state index in [2.05, 4.69) is 33.8 Å². The molecule has 0 aromatic heterocycles. The van der Waals surface area contributed by atoms with Gasteiger partial charge < -0.3 is 4.90 Å². The maximum Gasteiger partial charge on any atom is 0.0640 e. The van der Waals surface area contributed by atoms with E-state index in [0.717, 1.165) is 34.2 Å². The number of benzene rings is 1. The van der Waals surface area contributed by atoms with Gasteiger partial charge in [0.1, 0.15) is 0 Å². The topological polar surface area (TPSA) is 3.24 Å². The quantitative estimate of drug-likeness (QED) is 0.789. The molecule has 3 heteroatoms. The summed E-state index contributed by atoms with van der Waals surface area (Å²) >= 11 is 9.60. The predicted octanol–water partition coefficient (Wildman–Crippen LogP) is 3.95. The lowest BCUT2D eigenvalue weighted by molar-refractivity contribution is 0.399. The summed E-state index contributed by atoms with van der Waals surface area (Å²) in [7, 11) is 0. The summed E-state index contributed by atoms with van der Waals surface area (Å²) in [5, 5.41) is 0.850. The summed E-state index contributed by atoms with van der Waals surface area (Å²) in [4.78, 5) is 2.33. The highest BCUT2D eigenvalue weighted by molar-refractivity contribution is 9.10. The summed E-state index contributed by atoms with van der Waals surface area (Å²) in [6.07, 6.45) is 1.27. The highest BCUT2D eigenvalue weighted by atomic mass is 79.9. The Labute approximate surface area is 98.2 Å². The van der Waals surface area contributed by atoms with E-state index in [1.165, 1.54) is 6.42 Å². The van der Waals surface area contributed by atoms with Gasteiger partial charge in [-0.3, -0.25) is 0 Å². The standard InChI is InChI=1S/C11H13BrClN/c1-2-8-6-14(7-8)11-5-9(12)3-4-10(11)13/h3-5,8H,2,6-7H2,1H3. The number of halogens is 2. The number of nitrogens with zero attached hydrogens (tertiary/aromatic N) is 1. The summed E-state index contributed by atoms with van der Waals surface area (Å²) < 4.78 is 1.09. The first-order chi connectivity index (χ1) is 6.70. The van der Waals surface area contributed by atoms with Gasteiger partial charge in [0, 0.05) is 17.6 Å². The third-order valence-corrected chi connectivity index (χ3v) is 3.60. The van der Waals surface area contributed by atoms with E-state index < -0.39 is 0 Å². The molecule has 1 nitrogen and oxygen atoms in total. The summed E-state index contributed by atoms with van der Waals surface area (Å²) in [5.41, 5.74) is 1.16. The molecule has 1 aromatic rings. The Kier molecular flexibility index (Phi) is 3.03. The largest absolute Gasteiger partial charge is 0.370 e. The highest BCUT2D eigenvalue weighted by Gasteiger charge is 2.26. The summed E-state index contributed by atoms with van der Waals surface area (Å²) in [6, 6.07) is 6.01. The number of hydrogen-bond donors (Lipinski definition) is 0. The molecule has 0 aliphatic carbocycles. The lowest BCUT2D eigenvalue weighted by atomic mass is 9.96. The zero-order valence-corrected chi connectivity index (χ0v) is 10.5. The van der Waals surface area contributed by atoms with Gasteiger partial charge in [-0.25, -0.2) is 0 Å². The van der Waals surface area contributed by atoms with Crippen LogP contribution in [0.4, 0.5) is 5.69 Å². The van der Waals surface area contributed by atoms with Gasteiger partial charge in [0.05, 0.1) is 10.7 Å². The smallest absolute Gasteiger partial charge is 0.0640 e. The fourth-order valence-corrected chi connectivity index (χ4v) is 2.34. The normalized spacial score (nSPS) is 16.9. The van der Waals surface area contributed by atoms with E-state index in [0.29, 0.717) is 0 Å². The molecule has 1 saturated heterocycles. The molecule has 1 aliphatic heterocycles. The Balaban J connectivity index is 2.13. The minimum absolute atomic E-state index is 0.850. The van der Waals surface area contributed by atoms with Crippen LogP contribution in [0.1, 0.15) is 13.3 Å². The first-order valence-corrected chi connectivity index (χ1v) is 6.07. The molecule has 0 unspecified atom stereocenters. The van der Waals surface area contributed by atoms with Crippen molar-refractivity contribution in [2.45, 2.75) is 13.3 Å². The number of hydrogen-bond acceptors (Lipinski definition) is 1. The molecule has 1 heterocycles. The van der Waals surface area contributed by atoms with Crippen LogP contribution in [0.25, 0.3) is 0 Å². The number of rotatable bonds is 2. The molecule has 0 spiro atoms. The van der Waals surface area contributed by atoms with Crippen LogP contribution in [-0.2, 0) is 0 Å². The van der Waals surface area contributed by atoms with Crippen LogP contribution in [0.3, 0.4) is 0 Å². The second-order valence-corrected chi connectivity index (χ2v) is 5.10. The van der Waals surface area contributed by atoms with Crippen LogP contribution in [-0.4, -0.2) is 13.1 Å². The highest BCUT2D eigenvalue weighted by Crippen LogP contribution is 2.34. The fraction of sp³-hybridized carbons (Fsp3) is 0.455. The van der Waals surface area contributed by atoms with Gasteiger partial charge in [0.15, 0.2) is 0 Å². The second-order valence-electron chi connectivity index (χ2n) is 3.77. The lowest BCUT2D eigenvalue weighted by Crippen LogP contribution is -2.46. The van der Waals surface area contributed by atoms with Crippen molar-refractivity contribution in [1.82, 2.24) is 0 Å². The maximum absolute atomic E-state index is 6.13. The van der Waals surface area contributed by atoms with Crippen molar-refractivity contribution in [3.8, 4) is 0 Å². The Hall–Kier alpha value is -0.210. The molecule has 0 bridgehead atoms. The minimum atomic E-state index is 0.850. The Bertz CT molecular complexity index is 334. The molecule has 0 radical (unpaired) electrons. The maximum atomic E-state index is 6.13. The Morgan fingerprint density at radius 2 is 2.21 bits per heavy atom. The lowest BCUT2D eigenvalue weighted by Gasteiger charge is -2.41. The van der Waals surface area contributed by atoms with E-state index in [1.54, 1.807) is 0 Å². The molecule has 1 fully saturated rings. The SMILES string of the molecule is CCC1CN(c2cc(Br)ccc2Cl)C1. The van der Waals surface area contributed by atoms with Crippen molar-refractivity contribution < 1.29 is 0 Å². The third kappa shape index (κ3) is 1.91. The van der Waals surface area contributed by atoms with Gasteiger partial charge >= 0.3 is 0 Å². The molecule has 0 atom stereocenters. The van der Waals surface area contributed by atoms with E-state index in [-0.39, 0.29) is 0 Å². The van der Waals surface area contributed by atoms with Crippen LogP contribution in [0, 0.1) is 5.92 Å².